The fourth-order valence-electron chi connectivity index (χ4n) is 9.60. The summed E-state index contributed by atoms with van der Waals surface area (Å²) in [5, 5.41) is 25.0. The van der Waals surface area contributed by atoms with E-state index in [9.17, 15) is 34.0 Å². The Hall–Kier alpha value is -6.86. The van der Waals surface area contributed by atoms with Gasteiger partial charge in [0.15, 0.2) is 0 Å². The Morgan fingerprint density at radius 2 is 1.61 bits per heavy atom. The maximum atomic E-state index is 15.4. The van der Waals surface area contributed by atoms with Crippen LogP contribution in [0.25, 0.3) is 0 Å². The number of nitro groups is 1. The number of halogens is 2. The topological polar surface area (TPSA) is 159 Å². The lowest BCUT2D eigenvalue weighted by Gasteiger charge is -2.50. The number of ether oxygens (including phenoxy) is 1. The lowest BCUT2D eigenvalue weighted by molar-refractivity contribution is -0.384. The van der Waals surface area contributed by atoms with E-state index < -0.39 is 69.4 Å². The molecule has 2 saturated heterocycles. The molecule has 9 rings (SSSR count). The van der Waals surface area contributed by atoms with Crippen LogP contribution in [-0.2, 0) is 31.2 Å². The van der Waals surface area contributed by atoms with E-state index in [1.54, 1.807) is 36.4 Å². The highest BCUT2D eigenvalue weighted by molar-refractivity contribution is 6.30. The number of amides is 4. The van der Waals surface area contributed by atoms with Crippen LogP contribution in [-0.4, -0.2) is 38.7 Å². The molecule has 0 radical (unpaired) electrons. The molecule has 6 unspecified atom stereocenters. The van der Waals surface area contributed by atoms with Crippen molar-refractivity contribution in [1.29, 1.82) is 0 Å². The van der Waals surface area contributed by atoms with Gasteiger partial charge >= 0.3 is 0 Å². The van der Waals surface area contributed by atoms with Gasteiger partial charge in [-0.2, -0.15) is 5.01 Å². The van der Waals surface area contributed by atoms with E-state index in [2.05, 4.69) is 5.43 Å². The molecule has 0 spiro atoms. The van der Waals surface area contributed by atoms with Gasteiger partial charge in [-0.3, -0.25) is 34.7 Å². The summed E-state index contributed by atoms with van der Waals surface area (Å²) in [6.07, 6.45) is 1.88. The summed E-state index contributed by atoms with van der Waals surface area (Å²) in [5.41, 5.74) is 3.39. The van der Waals surface area contributed by atoms with Crippen LogP contribution in [0.1, 0.15) is 35.4 Å². The number of anilines is 2. The molecule has 2 N–H and O–H groups in total. The van der Waals surface area contributed by atoms with E-state index in [1.807, 2.05) is 36.4 Å². The van der Waals surface area contributed by atoms with Crippen molar-refractivity contribution < 1.29 is 38.3 Å². The molecule has 14 heteroatoms. The number of hydrogen-bond acceptors (Lipinski definition) is 9. The van der Waals surface area contributed by atoms with Gasteiger partial charge in [0.2, 0.25) is 11.8 Å². The second kappa shape index (κ2) is 14.5. The van der Waals surface area contributed by atoms with Crippen LogP contribution in [0.5, 0.6) is 11.5 Å². The van der Waals surface area contributed by atoms with E-state index in [4.69, 9.17) is 16.3 Å². The summed E-state index contributed by atoms with van der Waals surface area (Å²) < 4.78 is 20.0. The van der Waals surface area contributed by atoms with Crippen LogP contribution >= 0.6 is 11.6 Å². The highest BCUT2D eigenvalue weighted by Gasteiger charge is 2.70. The van der Waals surface area contributed by atoms with Gasteiger partial charge in [-0.15, -0.1) is 0 Å². The molecule has 4 aliphatic rings. The minimum Gasteiger partial charge on any atom is -0.508 e. The molecule has 3 fully saturated rings. The summed E-state index contributed by atoms with van der Waals surface area (Å²) in [5.74, 6) is -7.65. The first kappa shape index (κ1) is 37.7. The third-order valence-corrected chi connectivity index (χ3v) is 12.4. The third-order valence-electron chi connectivity index (χ3n) is 12.1. The van der Waals surface area contributed by atoms with E-state index in [0.717, 1.165) is 15.5 Å². The fourth-order valence-corrected chi connectivity index (χ4v) is 9.72. The van der Waals surface area contributed by atoms with Crippen LogP contribution in [0.4, 0.5) is 21.5 Å². The molecule has 6 atom stereocenters. The zero-order chi connectivity index (χ0) is 41.2. The molecule has 2 aliphatic carbocycles. The van der Waals surface area contributed by atoms with Gasteiger partial charge < -0.3 is 9.84 Å². The second-order valence-electron chi connectivity index (χ2n) is 15.2. The Morgan fingerprint density at radius 3 is 2.32 bits per heavy atom. The largest absolute Gasteiger partial charge is 0.508 e. The van der Waals surface area contributed by atoms with Crippen molar-refractivity contribution in [3.8, 4) is 11.5 Å². The van der Waals surface area contributed by atoms with Gasteiger partial charge in [-0.05, 0) is 78.4 Å². The molecule has 296 valence electrons. The summed E-state index contributed by atoms with van der Waals surface area (Å²) >= 11 is 6.39. The number of imide groups is 2. The van der Waals surface area contributed by atoms with Crippen molar-refractivity contribution in [3.63, 3.8) is 0 Å². The number of hydrogen-bond donors (Lipinski definition) is 2. The standard InChI is InChI=1S/C45H34ClFN4O8/c46-27-11-9-26(10-12-27)45-37(42(54)50(44(45)56)48-29-15-13-28(47)14-16-29)23-36-33(40(45)34-18-17-32(22-38(34)52)59-24-25-5-2-1-3-6-25)19-20-35-39(36)43(55)49(41(35)53)30-7-4-8-31(21-30)51(57)58/h1-19,21-22,35-37,39-40,48,52H,20,23-24H2. The minimum atomic E-state index is -1.72. The molecule has 5 aromatic carbocycles. The Bertz CT molecular complexity index is 2590. The first-order valence-electron chi connectivity index (χ1n) is 19.0. The van der Waals surface area contributed by atoms with Crippen LogP contribution < -0.4 is 15.1 Å². The number of nitro benzene ring substituents is 1. The zero-order valence-electron chi connectivity index (χ0n) is 31.0. The lowest BCUT2D eigenvalue weighted by atomic mass is 9.49. The zero-order valence-corrected chi connectivity index (χ0v) is 31.8. The minimum absolute atomic E-state index is 0.0425. The van der Waals surface area contributed by atoms with Gasteiger partial charge in [0.25, 0.3) is 17.5 Å². The molecular weight excluding hydrogens is 779 g/mol. The smallest absolute Gasteiger partial charge is 0.271 e. The molecule has 2 aliphatic heterocycles. The molecule has 0 bridgehead atoms. The number of allylic oxidation sites excluding steroid dienone is 2. The maximum absolute atomic E-state index is 15.4. The second-order valence-corrected chi connectivity index (χ2v) is 15.6. The van der Waals surface area contributed by atoms with Crippen LogP contribution in [0.3, 0.4) is 0 Å². The van der Waals surface area contributed by atoms with E-state index in [0.29, 0.717) is 21.9 Å². The van der Waals surface area contributed by atoms with Crippen molar-refractivity contribution >= 4 is 52.3 Å². The molecule has 1 saturated carbocycles. The van der Waals surface area contributed by atoms with Crippen LogP contribution in [0, 0.1) is 39.6 Å². The number of fused-ring (bicyclic) bond motifs is 4. The molecule has 5 aromatic rings. The van der Waals surface area contributed by atoms with E-state index in [-0.39, 0.29) is 47.8 Å². The number of non-ortho nitro benzene ring substituents is 1. The quantitative estimate of drug-likeness (QED) is 0.0654. The Kier molecular flexibility index (Phi) is 9.27. The number of carbonyl (C=O) groups excluding carboxylic acids is 4. The average Bonchev–Trinajstić information content (AvgIpc) is 3.62. The van der Waals surface area contributed by atoms with Crippen LogP contribution in [0.2, 0.25) is 5.02 Å². The molecule has 59 heavy (non-hydrogen) atoms. The molecule has 12 nitrogen and oxygen atoms in total. The summed E-state index contributed by atoms with van der Waals surface area (Å²) in [4.78, 5) is 71.1. The van der Waals surface area contributed by atoms with E-state index in [1.165, 1.54) is 54.6 Å². The predicted octanol–water partition coefficient (Wildman–Crippen LogP) is 7.86. The highest BCUT2D eigenvalue weighted by atomic mass is 35.5. The maximum Gasteiger partial charge on any atom is 0.271 e. The number of benzene rings is 5. The average molecular weight is 813 g/mol. The van der Waals surface area contributed by atoms with Gasteiger partial charge in [-0.1, -0.05) is 77.8 Å². The Labute approximate surface area is 341 Å². The number of phenolic OH excluding ortho intramolecular Hbond substituents is 1. The Balaban J connectivity index is 1.20. The normalized spacial score (nSPS) is 24.6. The number of phenols is 1. The van der Waals surface area contributed by atoms with E-state index >= 15 is 4.79 Å². The fraction of sp³-hybridized carbons (Fsp3) is 0.200. The highest BCUT2D eigenvalue weighted by Crippen LogP contribution is 2.65. The van der Waals surface area contributed by atoms with Gasteiger partial charge in [-0.25, -0.2) is 9.29 Å². The molecular formula is C45H34ClFN4O8. The summed E-state index contributed by atoms with van der Waals surface area (Å²) in [6.45, 7) is 0.213. The first-order chi connectivity index (χ1) is 28.5. The third kappa shape index (κ3) is 6.11. The predicted molar refractivity (Wildman–Crippen MR) is 213 cm³/mol. The number of hydrazine groups is 1. The number of rotatable bonds is 9. The SMILES string of the molecule is O=C1C2CC3C(=CCC4C(=O)N(c5cccc([N+](=O)[O-])c5)C(=O)C43)C(c3ccc(OCc4ccccc4)cc3O)C2(c2ccc(Cl)cc2)C(=O)N1Nc1ccc(F)cc1. The Morgan fingerprint density at radius 1 is 0.864 bits per heavy atom. The monoisotopic (exact) mass is 812 g/mol. The molecule has 4 amide bonds. The molecule has 2 heterocycles. The van der Waals surface area contributed by atoms with Gasteiger partial charge in [0, 0.05) is 34.7 Å². The summed E-state index contributed by atoms with van der Waals surface area (Å²) in [6, 6.07) is 31.2. The van der Waals surface area contributed by atoms with Crippen molar-refractivity contribution in [2.75, 3.05) is 10.3 Å². The van der Waals surface area contributed by atoms with Gasteiger partial charge in [0.1, 0.15) is 23.9 Å². The van der Waals surface area contributed by atoms with Crippen molar-refractivity contribution in [2.24, 2.45) is 23.7 Å². The van der Waals surface area contributed by atoms with Crippen LogP contribution in [0.15, 0.2) is 133 Å². The number of nitrogens with zero attached hydrogens (tertiary/aromatic N) is 3. The molecule has 0 aromatic heterocycles. The summed E-state index contributed by atoms with van der Waals surface area (Å²) in [7, 11) is 0. The number of aromatic hydroxyl groups is 1. The first-order valence-corrected chi connectivity index (χ1v) is 19.3. The van der Waals surface area contributed by atoms with Crippen molar-refractivity contribution in [2.45, 2.75) is 30.8 Å². The van der Waals surface area contributed by atoms with Crippen molar-refractivity contribution in [1.82, 2.24) is 5.01 Å². The van der Waals surface area contributed by atoms with Crippen molar-refractivity contribution in [3.05, 3.63) is 171 Å². The van der Waals surface area contributed by atoms with Gasteiger partial charge in [0.05, 0.1) is 39.5 Å². The lowest BCUT2D eigenvalue weighted by Crippen LogP contribution is -2.53. The number of nitrogens with one attached hydrogen (secondary N) is 1. The number of carbonyl (C=O) groups is 4.